The van der Waals surface area contributed by atoms with Crippen LogP contribution in [0.2, 0.25) is 0 Å². The number of ether oxygens (including phenoxy) is 1. The SMILES string of the molecule is C[C@@]1(O)[C@H](O)[C@@H](CO[P@@]2(=O)OCC[C@@H](c3ccccc3Br)O2)O[C@H]1n1ccc2c(=O)[nH]c(N)nc21. The maximum absolute atomic E-state index is 13.2. The van der Waals surface area contributed by atoms with Crippen LogP contribution in [0.15, 0.2) is 45.8 Å². The van der Waals surface area contributed by atoms with Gasteiger partial charge in [0, 0.05) is 17.1 Å². The molecule has 2 aliphatic rings. The first-order chi connectivity index (χ1) is 16.6. The molecule has 14 heteroatoms. The number of rotatable bonds is 5. The van der Waals surface area contributed by atoms with Crippen molar-refractivity contribution in [2.45, 2.75) is 43.5 Å². The quantitative estimate of drug-likeness (QED) is 0.334. The van der Waals surface area contributed by atoms with Crippen molar-refractivity contribution in [3.63, 3.8) is 0 Å². The molecule has 6 atom stereocenters. The van der Waals surface area contributed by atoms with Gasteiger partial charge in [0.25, 0.3) is 5.56 Å². The zero-order valence-corrected chi connectivity index (χ0v) is 21.0. The second-order valence-electron chi connectivity index (χ2n) is 8.59. The Balaban J connectivity index is 1.33. The predicted molar refractivity (Wildman–Crippen MR) is 127 cm³/mol. The summed E-state index contributed by atoms with van der Waals surface area (Å²) in [5.74, 6) is -0.107. The molecule has 2 aromatic heterocycles. The topological polar surface area (TPSA) is 171 Å². The zero-order chi connectivity index (χ0) is 25.0. The van der Waals surface area contributed by atoms with Gasteiger partial charge < -0.3 is 25.3 Å². The number of nitrogen functional groups attached to an aromatic ring is 1. The summed E-state index contributed by atoms with van der Waals surface area (Å²) in [5.41, 5.74) is 4.39. The number of aliphatic hydroxyl groups is 2. The highest BCUT2D eigenvalue weighted by Crippen LogP contribution is 2.58. The zero-order valence-electron chi connectivity index (χ0n) is 18.5. The number of phosphoric acid groups is 1. The third kappa shape index (κ3) is 4.47. The molecule has 1 aromatic carbocycles. The Hall–Kier alpha value is -2.09. The van der Waals surface area contributed by atoms with E-state index in [9.17, 15) is 19.6 Å². The largest absolute Gasteiger partial charge is 0.475 e. The van der Waals surface area contributed by atoms with Crippen molar-refractivity contribution < 1.29 is 33.1 Å². The summed E-state index contributed by atoms with van der Waals surface area (Å²) in [6.07, 6.45) is -2.20. The third-order valence-corrected chi connectivity index (χ3v) is 8.34. The fourth-order valence-corrected chi connectivity index (χ4v) is 6.24. The number of nitrogens with two attached hydrogens (primary N) is 1. The van der Waals surface area contributed by atoms with E-state index in [1.54, 1.807) is 0 Å². The standard InChI is InChI=1S/C21H24BrN4O8P/c1-21(29)16(27)15(33-19(21)26-8-6-12-17(26)24-20(23)25-18(12)28)10-32-35(30)31-9-7-14(34-35)11-4-2-3-5-13(11)22/h2-6,8,14-16,19,27,29H,7,9-10H2,1H3,(H3,23,24,25,28)/t14-,15+,16+,19+,21+,35+/m0/s1. The lowest BCUT2D eigenvalue weighted by Gasteiger charge is -2.30. The number of aromatic amines is 1. The van der Waals surface area contributed by atoms with Gasteiger partial charge in [0.05, 0.1) is 24.7 Å². The van der Waals surface area contributed by atoms with Crippen molar-refractivity contribution in [2.24, 2.45) is 0 Å². The van der Waals surface area contributed by atoms with Gasteiger partial charge in [-0.05, 0) is 24.6 Å². The summed E-state index contributed by atoms with van der Waals surface area (Å²) in [6, 6.07) is 8.91. The fourth-order valence-electron chi connectivity index (χ4n) is 4.32. The Bertz CT molecular complexity index is 1360. The summed E-state index contributed by atoms with van der Waals surface area (Å²) in [7, 11) is -3.98. The van der Waals surface area contributed by atoms with Crippen LogP contribution in [0, 0.1) is 0 Å². The summed E-state index contributed by atoms with van der Waals surface area (Å²) in [4.78, 5) is 18.7. The number of nitrogens with zero attached hydrogens (tertiary/aromatic N) is 2. The molecule has 35 heavy (non-hydrogen) atoms. The average molecular weight is 571 g/mol. The molecule has 0 unspecified atom stereocenters. The van der Waals surface area contributed by atoms with Crippen LogP contribution in [-0.4, -0.2) is 55.8 Å². The van der Waals surface area contributed by atoms with Crippen molar-refractivity contribution in [3.05, 3.63) is 56.9 Å². The Morgan fingerprint density at radius 2 is 2.17 bits per heavy atom. The number of anilines is 1. The van der Waals surface area contributed by atoms with Crippen molar-refractivity contribution in [1.82, 2.24) is 14.5 Å². The van der Waals surface area contributed by atoms with Crippen LogP contribution in [-0.2, 0) is 22.9 Å². The van der Waals surface area contributed by atoms with Gasteiger partial charge in [-0.2, -0.15) is 4.98 Å². The number of nitrogens with one attached hydrogen (secondary N) is 1. The number of H-pyrrole nitrogens is 1. The minimum atomic E-state index is -3.98. The van der Waals surface area contributed by atoms with E-state index in [1.807, 2.05) is 24.3 Å². The monoisotopic (exact) mass is 570 g/mol. The molecule has 5 N–H and O–H groups in total. The molecule has 12 nitrogen and oxygen atoms in total. The van der Waals surface area contributed by atoms with Gasteiger partial charge in [-0.15, -0.1) is 0 Å². The van der Waals surface area contributed by atoms with E-state index in [1.165, 1.54) is 23.8 Å². The summed E-state index contributed by atoms with van der Waals surface area (Å²) < 4.78 is 37.8. The molecule has 3 aromatic rings. The normalized spacial score (nSPS) is 33.4. The summed E-state index contributed by atoms with van der Waals surface area (Å²) in [6.45, 7) is 1.14. The van der Waals surface area contributed by atoms with Crippen LogP contribution in [0.1, 0.15) is 31.2 Å². The molecule has 4 heterocycles. The first kappa shape index (κ1) is 24.6. The van der Waals surface area contributed by atoms with E-state index in [4.69, 9.17) is 24.0 Å². The highest BCUT2D eigenvalue weighted by Gasteiger charge is 2.54. The second-order valence-corrected chi connectivity index (χ2v) is 11.1. The number of phosphoric ester groups is 1. The number of aromatic nitrogens is 3. The minimum absolute atomic E-state index is 0.107. The number of hydrogen-bond donors (Lipinski definition) is 4. The number of halogens is 1. The first-order valence-electron chi connectivity index (χ1n) is 10.8. The van der Waals surface area contributed by atoms with Gasteiger partial charge >= 0.3 is 7.82 Å². The van der Waals surface area contributed by atoms with Gasteiger partial charge in [0.1, 0.15) is 17.8 Å². The van der Waals surface area contributed by atoms with Gasteiger partial charge in [-0.25, -0.2) is 4.57 Å². The molecular formula is C21H24BrN4O8P. The third-order valence-electron chi connectivity index (χ3n) is 6.14. The second kappa shape index (κ2) is 9.09. The molecule has 2 saturated heterocycles. The van der Waals surface area contributed by atoms with Gasteiger partial charge in [-0.3, -0.25) is 23.3 Å². The maximum Gasteiger partial charge on any atom is 0.475 e. The van der Waals surface area contributed by atoms with Gasteiger partial charge in [0.15, 0.2) is 11.9 Å². The van der Waals surface area contributed by atoms with E-state index in [-0.39, 0.29) is 30.2 Å². The van der Waals surface area contributed by atoms with Crippen molar-refractivity contribution >= 4 is 40.7 Å². The lowest BCUT2D eigenvalue weighted by Crippen LogP contribution is -2.44. The predicted octanol–water partition coefficient (Wildman–Crippen LogP) is 2.38. The molecule has 0 amide bonds. The Labute approximate surface area is 207 Å². The summed E-state index contributed by atoms with van der Waals surface area (Å²) in [5, 5.41) is 22.1. The van der Waals surface area contributed by atoms with Gasteiger partial charge in [-0.1, -0.05) is 34.1 Å². The lowest BCUT2D eigenvalue weighted by molar-refractivity contribution is -0.0950. The van der Waals surface area contributed by atoms with Crippen molar-refractivity contribution in [1.29, 1.82) is 0 Å². The van der Waals surface area contributed by atoms with Crippen LogP contribution in [0.3, 0.4) is 0 Å². The van der Waals surface area contributed by atoms with Crippen LogP contribution >= 0.6 is 23.8 Å². The molecule has 0 aliphatic carbocycles. The van der Waals surface area contributed by atoms with Crippen LogP contribution < -0.4 is 11.3 Å². The molecule has 2 aliphatic heterocycles. The minimum Gasteiger partial charge on any atom is -0.387 e. The molecule has 188 valence electrons. The van der Waals surface area contributed by atoms with Crippen LogP contribution in [0.25, 0.3) is 11.0 Å². The van der Waals surface area contributed by atoms with E-state index in [2.05, 4.69) is 25.9 Å². The van der Waals surface area contributed by atoms with Crippen molar-refractivity contribution in [2.75, 3.05) is 18.9 Å². The van der Waals surface area contributed by atoms with Crippen molar-refractivity contribution in [3.8, 4) is 0 Å². The summed E-state index contributed by atoms with van der Waals surface area (Å²) >= 11 is 3.47. The highest BCUT2D eigenvalue weighted by molar-refractivity contribution is 9.10. The fraction of sp³-hybridized carbons (Fsp3) is 0.429. The maximum atomic E-state index is 13.2. The molecule has 5 rings (SSSR count). The Morgan fingerprint density at radius 3 is 2.94 bits per heavy atom. The van der Waals surface area contributed by atoms with E-state index in [0.29, 0.717) is 6.42 Å². The van der Waals surface area contributed by atoms with E-state index < -0.39 is 43.5 Å². The Kier molecular flexibility index (Phi) is 6.39. The first-order valence-corrected chi connectivity index (χ1v) is 13.1. The van der Waals surface area contributed by atoms with Crippen LogP contribution in [0.4, 0.5) is 5.95 Å². The molecule has 0 spiro atoms. The smallest absolute Gasteiger partial charge is 0.387 e. The molecule has 0 saturated carbocycles. The number of benzene rings is 1. The molecule has 2 fully saturated rings. The molecular weight excluding hydrogens is 547 g/mol. The molecule has 0 radical (unpaired) electrons. The average Bonchev–Trinajstić information content (AvgIpc) is 3.31. The highest BCUT2D eigenvalue weighted by atomic mass is 79.9. The lowest BCUT2D eigenvalue weighted by atomic mass is 9.96. The Morgan fingerprint density at radius 1 is 1.40 bits per heavy atom. The number of aliphatic hydroxyl groups excluding tert-OH is 1. The van der Waals surface area contributed by atoms with Crippen LogP contribution in [0.5, 0.6) is 0 Å². The number of hydrogen-bond acceptors (Lipinski definition) is 10. The number of fused-ring (bicyclic) bond motifs is 1. The van der Waals surface area contributed by atoms with E-state index in [0.717, 1.165) is 10.0 Å². The van der Waals surface area contributed by atoms with E-state index >= 15 is 0 Å². The van der Waals surface area contributed by atoms with Gasteiger partial charge in [0.2, 0.25) is 5.95 Å². The molecule has 0 bridgehead atoms.